The molecular formula is C24H18F3N5O. The zero-order valence-electron chi connectivity index (χ0n) is 17.4. The number of hydrogen-bond acceptors (Lipinski definition) is 4. The first-order chi connectivity index (χ1) is 15.8. The van der Waals surface area contributed by atoms with Crippen LogP contribution in [0.25, 0.3) is 5.65 Å². The Hall–Kier alpha value is -4.16. The van der Waals surface area contributed by atoms with Crippen LogP contribution < -0.4 is 11.1 Å². The van der Waals surface area contributed by atoms with E-state index in [9.17, 15) is 18.0 Å². The highest BCUT2D eigenvalue weighted by atomic mass is 19.4. The summed E-state index contributed by atoms with van der Waals surface area (Å²) in [5, 5.41) is 6.72. The summed E-state index contributed by atoms with van der Waals surface area (Å²) in [6.07, 6.45) is -1.35. The number of carbonyl (C=O) groups excluding carboxylic acids is 1. The third kappa shape index (κ3) is 4.71. The van der Waals surface area contributed by atoms with E-state index in [2.05, 4.69) is 27.2 Å². The number of aromatic nitrogens is 3. The monoisotopic (exact) mass is 449 g/mol. The highest BCUT2D eigenvalue weighted by Crippen LogP contribution is 2.33. The normalized spacial score (nSPS) is 11.2. The van der Waals surface area contributed by atoms with E-state index in [1.807, 2.05) is 6.92 Å². The Morgan fingerprint density at radius 2 is 1.97 bits per heavy atom. The van der Waals surface area contributed by atoms with Crippen molar-refractivity contribution in [2.75, 3.05) is 5.32 Å². The molecule has 0 fully saturated rings. The van der Waals surface area contributed by atoms with Crippen molar-refractivity contribution in [2.24, 2.45) is 5.73 Å². The van der Waals surface area contributed by atoms with Crippen LogP contribution in [0.2, 0.25) is 0 Å². The Balaban J connectivity index is 1.60. The van der Waals surface area contributed by atoms with Gasteiger partial charge in [0, 0.05) is 29.6 Å². The predicted octanol–water partition coefficient (Wildman–Crippen LogP) is 4.17. The minimum absolute atomic E-state index is 0.0227. The van der Waals surface area contributed by atoms with E-state index in [1.165, 1.54) is 12.1 Å². The highest BCUT2D eigenvalue weighted by Gasteiger charge is 2.33. The topological polar surface area (TPSA) is 85.3 Å². The molecule has 0 saturated carbocycles. The molecule has 0 saturated heterocycles. The molecule has 166 valence electrons. The fraction of sp³-hybridized carbons (Fsp3) is 0.125. The van der Waals surface area contributed by atoms with E-state index >= 15 is 0 Å². The maximum absolute atomic E-state index is 13.3. The van der Waals surface area contributed by atoms with E-state index in [0.29, 0.717) is 16.9 Å². The van der Waals surface area contributed by atoms with Crippen LogP contribution in [0.15, 0.2) is 60.9 Å². The molecule has 0 spiro atoms. The minimum atomic E-state index is -4.57. The summed E-state index contributed by atoms with van der Waals surface area (Å²) in [7, 11) is 0. The summed E-state index contributed by atoms with van der Waals surface area (Å²) in [5.74, 6) is 5.46. The van der Waals surface area contributed by atoms with Crippen molar-refractivity contribution >= 4 is 17.2 Å². The number of anilines is 1. The van der Waals surface area contributed by atoms with Crippen molar-refractivity contribution in [1.82, 2.24) is 14.6 Å². The molecule has 2 heterocycles. The zero-order valence-corrected chi connectivity index (χ0v) is 17.4. The first-order valence-electron chi connectivity index (χ1n) is 9.89. The Morgan fingerprint density at radius 1 is 1.15 bits per heavy atom. The molecule has 0 atom stereocenters. The first kappa shape index (κ1) is 22.0. The first-order valence-corrected chi connectivity index (χ1v) is 9.89. The van der Waals surface area contributed by atoms with Gasteiger partial charge in [-0.2, -0.15) is 18.3 Å². The Morgan fingerprint density at radius 3 is 2.73 bits per heavy atom. The van der Waals surface area contributed by atoms with Gasteiger partial charge >= 0.3 is 6.18 Å². The van der Waals surface area contributed by atoms with Crippen LogP contribution >= 0.6 is 0 Å². The van der Waals surface area contributed by atoms with Crippen LogP contribution in [0.5, 0.6) is 0 Å². The van der Waals surface area contributed by atoms with Gasteiger partial charge in [-0.1, -0.05) is 18.1 Å². The molecule has 0 unspecified atom stereocenters. The van der Waals surface area contributed by atoms with Gasteiger partial charge in [0.05, 0.1) is 11.8 Å². The molecule has 2 aromatic heterocycles. The van der Waals surface area contributed by atoms with E-state index in [4.69, 9.17) is 5.73 Å². The quantitative estimate of drug-likeness (QED) is 0.460. The SMILES string of the molecule is Cc1ccc(C(=O)Nc2ccc(CN)c(C(F)(F)F)c2)cc1C#Cc1cnc2cccnn12. The van der Waals surface area contributed by atoms with Gasteiger partial charge in [-0.25, -0.2) is 9.50 Å². The minimum Gasteiger partial charge on any atom is -0.326 e. The summed E-state index contributed by atoms with van der Waals surface area (Å²) < 4.78 is 41.4. The Kier molecular flexibility index (Phi) is 5.85. The molecule has 4 rings (SSSR count). The van der Waals surface area contributed by atoms with Crippen LogP contribution in [-0.4, -0.2) is 20.5 Å². The van der Waals surface area contributed by atoms with Crippen LogP contribution in [0.1, 0.15) is 38.3 Å². The zero-order chi connectivity index (χ0) is 23.6. The number of nitrogens with two attached hydrogens (primary N) is 1. The lowest BCUT2D eigenvalue weighted by Gasteiger charge is -2.14. The number of benzene rings is 2. The maximum atomic E-state index is 13.3. The van der Waals surface area contributed by atoms with Gasteiger partial charge in [0.2, 0.25) is 0 Å². The standard InChI is InChI=1S/C24H18F3N5O/c1-15-4-5-17(11-16(15)7-9-20-14-29-22-3-2-10-30-32(20)22)23(33)31-19-8-6-18(13-28)21(12-19)24(25,26)27/h2-6,8,10-12,14H,13,28H2,1H3,(H,31,33). The van der Waals surface area contributed by atoms with Crippen molar-refractivity contribution in [3.63, 3.8) is 0 Å². The van der Waals surface area contributed by atoms with Crippen molar-refractivity contribution in [2.45, 2.75) is 19.6 Å². The fourth-order valence-corrected chi connectivity index (χ4v) is 3.24. The molecule has 0 aliphatic rings. The number of imidazole rings is 1. The number of nitrogens with zero attached hydrogens (tertiary/aromatic N) is 3. The summed E-state index contributed by atoms with van der Waals surface area (Å²) in [6, 6.07) is 12.0. The number of aryl methyl sites for hydroxylation is 1. The molecule has 0 radical (unpaired) electrons. The van der Waals surface area contributed by atoms with Crippen LogP contribution in [-0.2, 0) is 12.7 Å². The lowest BCUT2D eigenvalue weighted by Crippen LogP contribution is -2.16. The van der Waals surface area contributed by atoms with Gasteiger partial charge in [0.25, 0.3) is 5.91 Å². The number of halogens is 3. The molecule has 0 aliphatic heterocycles. The Bertz CT molecular complexity index is 1410. The number of fused-ring (bicyclic) bond motifs is 1. The summed E-state index contributed by atoms with van der Waals surface area (Å²) in [5.41, 5.74) is 7.45. The molecule has 0 aliphatic carbocycles. The van der Waals surface area contributed by atoms with Crippen LogP contribution in [0.4, 0.5) is 18.9 Å². The van der Waals surface area contributed by atoms with E-state index in [0.717, 1.165) is 11.6 Å². The van der Waals surface area contributed by atoms with Crippen molar-refractivity contribution in [1.29, 1.82) is 0 Å². The second kappa shape index (κ2) is 8.76. The number of rotatable bonds is 3. The molecule has 2 aromatic carbocycles. The van der Waals surface area contributed by atoms with Crippen molar-refractivity contribution in [3.05, 3.63) is 94.4 Å². The van der Waals surface area contributed by atoms with Gasteiger partial charge in [-0.05, 0) is 60.4 Å². The molecule has 1 amide bonds. The maximum Gasteiger partial charge on any atom is 0.416 e. The average Bonchev–Trinajstić information content (AvgIpc) is 3.21. The predicted molar refractivity (Wildman–Crippen MR) is 117 cm³/mol. The molecule has 3 N–H and O–H groups in total. The molecule has 9 heteroatoms. The van der Waals surface area contributed by atoms with Crippen molar-refractivity contribution in [3.8, 4) is 11.8 Å². The lowest BCUT2D eigenvalue weighted by atomic mass is 10.0. The van der Waals surface area contributed by atoms with E-state index < -0.39 is 17.6 Å². The number of hydrogen-bond donors (Lipinski definition) is 2. The van der Waals surface area contributed by atoms with E-state index in [-0.39, 0.29) is 23.4 Å². The number of alkyl halides is 3. The molecule has 6 nitrogen and oxygen atoms in total. The second-order valence-electron chi connectivity index (χ2n) is 7.24. The number of amides is 1. The van der Waals surface area contributed by atoms with Gasteiger partial charge in [0.15, 0.2) is 5.65 Å². The molecule has 4 aromatic rings. The number of carbonyl (C=O) groups is 1. The van der Waals surface area contributed by atoms with Gasteiger partial charge < -0.3 is 11.1 Å². The van der Waals surface area contributed by atoms with Crippen LogP contribution in [0.3, 0.4) is 0 Å². The van der Waals surface area contributed by atoms with Crippen LogP contribution in [0, 0.1) is 18.8 Å². The third-order valence-electron chi connectivity index (χ3n) is 5.00. The smallest absolute Gasteiger partial charge is 0.326 e. The number of nitrogens with one attached hydrogen (secondary N) is 1. The third-order valence-corrected chi connectivity index (χ3v) is 5.00. The largest absolute Gasteiger partial charge is 0.416 e. The lowest BCUT2D eigenvalue weighted by molar-refractivity contribution is -0.138. The summed E-state index contributed by atoms with van der Waals surface area (Å²) in [4.78, 5) is 16.9. The highest BCUT2D eigenvalue weighted by molar-refractivity contribution is 6.04. The van der Waals surface area contributed by atoms with Crippen molar-refractivity contribution < 1.29 is 18.0 Å². The van der Waals surface area contributed by atoms with Gasteiger partial charge in [-0.15, -0.1) is 0 Å². The summed E-state index contributed by atoms with van der Waals surface area (Å²) in [6.45, 7) is 1.59. The second-order valence-corrected chi connectivity index (χ2v) is 7.24. The molecule has 33 heavy (non-hydrogen) atoms. The Labute approximate surface area is 187 Å². The van der Waals surface area contributed by atoms with E-state index in [1.54, 1.807) is 47.2 Å². The average molecular weight is 449 g/mol. The van der Waals surface area contributed by atoms with Gasteiger partial charge in [0.1, 0.15) is 5.69 Å². The summed E-state index contributed by atoms with van der Waals surface area (Å²) >= 11 is 0. The molecular weight excluding hydrogens is 431 g/mol. The molecule has 0 bridgehead atoms. The van der Waals surface area contributed by atoms with Gasteiger partial charge in [-0.3, -0.25) is 4.79 Å². The fourth-order valence-electron chi connectivity index (χ4n) is 3.24.